The van der Waals surface area contributed by atoms with E-state index in [-0.39, 0.29) is 10.6 Å². The van der Waals surface area contributed by atoms with Crippen molar-refractivity contribution >= 4 is 16.0 Å². The molecular weight excluding hydrogens is 284 g/mol. The SMILES string of the molecule is C[C@@H](NS(=O)(=O)c1cc(C(=O)O)n(C)c1)c1ccco1. The van der Waals surface area contributed by atoms with Crippen molar-refractivity contribution < 1.29 is 22.7 Å². The fourth-order valence-electron chi connectivity index (χ4n) is 1.79. The zero-order chi connectivity index (χ0) is 14.9. The number of furan rings is 1. The Bertz CT molecular complexity index is 715. The summed E-state index contributed by atoms with van der Waals surface area (Å²) in [4.78, 5) is 10.8. The van der Waals surface area contributed by atoms with Crippen molar-refractivity contribution in [2.45, 2.75) is 17.9 Å². The second-order valence-electron chi connectivity index (χ2n) is 4.34. The molecule has 2 rings (SSSR count). The maximum absolute atomic E-state index is 12.2. The van der Waals surface area contributed by atoms with E-state index in [0.29, 0.717) is 5.76 Å². The standard InChI is InChI=1S/C12H14N2O5S/c1-8(11-4-3-5-19-11)13-20(17,18)9-6-10(12(15)16)14(2)7-9/h3-8,13H,1-2H3,(H,15,16)/t8-/m1/s1. The fraction of sp³-hybridized carbons (Fsp3) is 0.250. The molecule has 0 saturated carbocycles. The Morgan fingerprint density at radius 3 is 2.70 bits per heavy atom. The van der Waals surface area contributed by atoms with Crippen molar-refractivity contribution in [3.63, 3.8) is 0 Å². The van der Waals surface area contributed by atoms with E-state index in [0.717, 1.165) is 6.07 Å². The van der Waals surface area contributed by atoms with Crippen molar-refractivity contribution in [2.75, 3.05) is 0 Å². The van der Waals surface area contributed by atoms with Gasteiger partial charge in [0.05, 0.1) is 12.3 Å². The summed E-state index contributed by atoms with van der Waals surface area (Å²) in [5.41, 5.74) is -0.101. The van der Waals surface area contributed by atoms with Crippen LogP contribution in [0.4, 0.5) is 0 Å². The molecule has 1 atom stereocenters. The third-order valence-corrected chi connectivity index (χ3v) is 4.32. The topological polar surface area (TPSA) is 102 Å². The van der Waals surface area contributed by atoms with Gasteiger partial charge in [-0.1, -0.05) is 0 Å². The Morgan fingerprint density at radius 2 is 2.20 bits per heavy atom. The maximum atomic E-state index is 12.2. The van der Waals surface area contributed by atoms with Crippen LogP contribution in [0, 0.1) is 0 Å². The first kappa shape index (κ1) is 14.4. The van der Waals surface area contributed by atoms with E-state index in [1.54, 1.807) is 19.1 Å². The highest BCUT2D eigenvalue weighted by Gasteiger charge is 2.23. The van der Waals surface area contributed by atoms with Gasteiger partial charge in [0.2, 0.25) is 10.0 Å². The van der Waals surface area contributed by atoms with Crippen LogP contribution in [0.5, 0.6) is 0 Å². The molecule has 0 aromatic carbocycles. The fourth-order valence-corrected chi connectivity index (χ4v) is 3.07. The van der Waals surface area contributed by atoms with E-state index < -0.39 is 22.0 Å². The van der Waals surface area contributed by atoms with Gasteiger partial charge in [0.25, 0.3) is 0 Å². The summed E-state index contributed by atoms with van der Waals surface area (Å²) in [5.74, 6) is -0.712. The molecule has 8 heteroatoms. The summed E-state index contributed by atoms with van der Waals surface area (Å²) >= 11 is 0. The van der Waals surface area contributed by atoms with E-state index in [1.165, 1.54) is 24.1 Å². The first-order chi connectivity index (χ1) is 9.31. The lowest BCUT2D eigenvalue weighted by Gasteiger charge is -2.10. The van der Waals surface area contributed by atoms with E-state index in [4.69, 9.17) is 9.52 Å². The second kappa shape index (κ2) is 5.14. The van der Waals surface area contributed by atoms with Crippen LogP contribution in [0.2, 0.25) is 0 Å². The van der Waals surface area contributed by atoms with E-state index in [9.17, 15) is 13.2 Å². The van der Waals surface area contributed by atoms with Crippen LogP contribution in [0.1, 0.15) is 29.2 Å². The number of carbonyl (C=O) groups is 1. The number of sulfonamides is 1. The normalized spacial score (nSPS) is 13.3. The quantitative estimate of drug-likeness (QED) is 0.867. The van der Waals surface area contributed by atoms with Gasteiger partial charge >= 0.3 is 5.97 Å². The summed E-state index contributed by atoms with van der Waals surface area (Å²) in [6.07, 6.45) is 2.70. The molecule has 2 heterocycles. The van der Waals surface area contributed by atoms with E-state index in [1.807, 2.05) is 0 Å². The molecule has 0 unspecified atom stereocenters. The van der Waals surface area contributed by atoms with Crippen LogP contribution in [-0.4, -0.2) is 24.1 Å². The number of rotatable bonds is 5. The van der Waals surface area contributed by atoms with Gasteiger partial charge in [-0.2, -0.15) is 0 Å². The van der Waals surface area contributed by atoms with Gasteiger partial charge in [-0.3, -0.25) is 0 Å². The maximum Gasteiger partial charge on any atom is 0.352 e. The number of carboxylic acids is 1. The summed E-state index contributed by atoms with van der Waals surface area (Å²) in [6, 6.07) is 3.87. The molecule has 0 saturated heterocycles. The number of aromatic carboxylic acids is 1. The minimum absolute atomic E-state index is 0.101. The lowest BCUT2D eigenvalue weighted by molar-refractivity contribution is 0.0686. The lowest BCUT2D eigenvalue weighted by Crippen LogP contribution is -2.26. The Hall–Kier alpha value is -2.06. The summed E-state index contributed by atoms with van der Waals surface area (Å²) in [6.45, 7) is 1.64. The molecular formula is C12H14N2O5S. The summed E-state index contributed by atoms with van der Waals surface area (Å²) < 4.78 is 33.1. The third kappa shape index (κ3) is 2.75. The highest BCUT2D eigenvalue weighted by molar-refractivity contribution is 7.89. The first-order valence-electron chi connectivity index (χ1n) is 5.76. The number of aromatic nitrogens is 1. The number of aryl methyl sites for hydroxylation is 1. The van der Waals surface area contributed by atoms with Gasteiger partial charge in [-0.25, -0.2) is 17.9 Å². The van der Waals surface area contributed by atoms with Crippen LogP contribution >= 0.6 is 0 Å². The van der Waals surface area contributed by atoms with Crippen LogP contribution in [0.25, 0.3) is 0 Å². The van der Waals surface area contributed by atoms with Gasteiger partial charge in [0.1, 0.15) is 16.3 Å². The number of hydrogen-bond donors (Lipinski definition) is 2. The predicted octanol–water partition coefficient (Wildman–Crippen LogP) is 1.36. The lowest BCUT2D eigenvalue weighted by atomic mass is 10.3. The predicted molar refractivity (Wildman–Crippen MR) is 69.8 cm³/mol. The molecule has 0 aliphatic rings. The van der Waals surface area contributed by atoms with Crippen LogP contribution in [0.15, 0.2) is 40.0 Å². The van der Waals surface area contributed by atoms with Gasteiger partial charge in [-0.15, -0.1) is 0 Å². The minimum Gasteiger partial charge on any atom is -0.477 e. The third-order valence-electron chi connectivity index (χ3n) is 2.81. The van der Waals surface area contributed by atoms with E-state index >= 15 is 0 Å². The molecule has 20 heavy (non-hydrogen) atoms. The molecule has 0 fully saturated rings. The molecule has 0 radical (unpaired) electrons. The smallest absolute Gasteiger partial charge is 0.352 e. The molecule has 2 N–H and O–H groups in total. The first-order valence-corrected chi connectivity index (χ1v) is 7.25. The van der Waals surface area contributed by atoms with Gasteiger partial charge in [-0.05, 0) is 25.1 Å². The van der Waals surface area contributed by atoms with Crippen molar-refractivity contribution in [1.82, 2.24) is 9.29 Å². The van der Waals surface area contributed by atoms with Gasteiger partial charge in [0.15, 0.2) is 0 Å². The highest BCUT2D eigenvalue weighted by Crippen LogP contribution is 2.18. The average Bonchev–Trinajstić information content (AvgIpc) is 2.96. The molecule has 0 aliphatic heterocycles. The second-order valence-corrected chi connectivity index (χ2v) is 6.05. The molecule has 0 spiro atoms. The number of carboxylic acid groups (broad SMARTS) is 1. The average molecular weight is 298 g/mol. The van der Waals surface area contributed by atoms with Gasteiger partial charge in [0, 0.05) is 13.2 Å². The van der Waals surface area contributed by atoms with Crippen molar-refractivity contribution in [1.29, 1.82) is 0 Å². The van der Waals surface area contributed by atoms with Crippen LogP contribution in [0.3, 0.4) is 0 Å². The monoisotopic (exact) mass is 298 g/mol. The highest BCUT2D eigenvalue weighted by atomic mass is 32.2. The Morgan fingerprint density at radius 1 is 1.50 bits per heavy atom. The Labute approximate surface area is 115 Å². The van der Waals surface area contributed by atoms with Crippen molar-refractivity contribution in [3.8, 4) is 0 Å². The van der Waals surface area contributed by atoms with Crippen LogP contribution in [-0.2, 0) is 17.1 Å². The van der Waals surface area contributed by atoms with E-state index in [2.05, 4.69) is 4.72 Å². The Balaban J connectivity index is 2.27. The molecule has 7 nitrogen and oxygen atoms in total. The number of nitrogens with zero attached hydrogens (tertiary/aromatic N) is 1. The molecule has 2 aromatic heterocycles. The van der Waals surface area contributed by atoms with Crippen molar-refractivity contribution in [3.05, 3.63) is 42.1 Å². The summed E-state index contributed by atoms with van der Waals surface area (Å²) in [7, 11) is -2.34. The Kier molecular flexibility index (Phi) is 3.69. The molecule has 108 valence electrons. The number of nitrogens with one attached hydrogen (secondary N) is 1. The minimum atomic E-state index is -3.81. The van der Waals surface area contributed by atoms with Crippen molar-refractivity contribution in [2.24, 2.45) is 7.05 Å². The largest absolute Gasteiger partial charge is 0.477 e. The summed E-state index contributed by atoms with van der Waals surface area (Å²) in [5, 5.41) is 8.93. The molecule has 0 amide bonds. The van der Waals surface area contributed by atoms with Crippen LogP contribution < -0.4 is 4.72 Å². The zero-order valence-corrected chi connectivity index (χ0v) is 11.7. The van der Waals surface area contributed by atoms with Gasteiger partial charge < -0.3 is 14.1 Å². The molecule has 0 aliphatic carbocycles. The molecule has 2 aromatic rings. The zero-order valence-electron chi connectivity index (χ0n) is 10.9. The number of hydrogen-bond acceptors (Lipinski definition) is 4. The molecule has 0 bridgehead atoms.